The minimum absolute atomic E-state index is 0.0913. The number of benzene rings is 1. The topological polar surface area (TPSA) is 66.4 Å². The highest BCUT2D eigenvalue weighted by Gasteiger charge is 2.33. The minimum atomic E-state index is -3.54. The third-order valence-electron chi connectivity index (χ3n) is 3.92. The lowest BCUT2D eigenvalue weighted by atomic mass is 9.80. The van der Waals surface area contributed by atoms with Crippen LogP contribution >= 0.6 is 22.6 Å². The molecular formula is C14H20INO3S. The first-order valence-electron chi connectivity index (χ1n) is 6.78. The maximum absolute atomic E-state index is 12.2. The Morgan fingerprint density at radius 1 is 1.30 bits per heavy atom. The van der Waals surface area contributed by atoms with E-state index >= 15 is 0 Å². The van der Waals surface area contributed by atoms with Gasteiger partial charge in [0.1, 0.15) is 0 Å². The molecule has 1 aromatic carbocycles. The van der Waals surface area contributed by atoms with Crippen LogP contribution < -0.4 is 4.72 Å². The van der Waals surface area contributed by atoms with Crippen molar-refractivity contribution < 1.29 is 13.5 Å². The minimum Gasteiger partial charge on any atom is -0.389 e. The highest BCUT2D eigenvalue weighted by molar-refractivity contribution is 14.1. The van der Waals surface area contributed by atoms with Crippen molar-refractivity contribution in [2.45, 2.75) is 43.1 Å². The second-order valence-corrected chi connectivity index (χ2v) is 8.70. The lowest BCUT2D eigenvalue weighted by Gasteiger charge is -2.34. The van der Waals surface area contributed by atoms with Crippen LogP contribution in [-0.4, -0.2) is 25.7 Å². The summed E-state index contributed by atoms with van der Waals surface area (Å²) in [6.45, 7) is 2.25. The molecule has 0 unspecified atom stereocenters. The number of aliphatic hydroxyl groups is 1. The van der Waals surface area contributed by atoms with E-state index in [-0.39, 0.29) is 11.4 Å². The summed E-state index contributed by atoms with van der Waals surface area (Å²) < 4.78 is 27.9. The number of rotatable bonds is 4. The van der Waals surface area contributed by atoms with Gasteiger partial charge in [0.05, 0.1) is 10.5 Å². The Bertz CT molecular complexity index is 548. The van der Waals surface area contributed by atoms with Crippen molar-refractivity contribution in [1.29, 1.82) is 0 Å². The van der Waals surface area contributed by atoms with Gasteiger partial charge < -0.3 is 5.11 Å². The molecular weight excluding hydrogens is 389 g/mol. The quantitative estimate of drug-likeness (QED) is 0.752. The zero-order chi connectivity index (χ0) is 14.8. The molecule has 0 heterocycles. The molecule has 2 rings (SSSR count). The van der Waals surface area contributed by atoms with Crippen LogP contribution in [0.15, 0.2) is 29.2 Å². The second kappa shape index (κ2) is 6.29. The first kappa shape index (κ1) is 16.2. The third-order valence-corrected chi connectivity index (χ3v) is 6.06. The molecule has 0 spiro atoms. The maximum atomic E-state index is 12.2. The SMILES string of the molecule is CC1CCC(O)(CNS(=O)(=O)c2ccc(I)cc2)CC1. The standard InChI is InChI=1S/C14H20INO3S/c1-11-6-8-14(17,9-7-11)10-16-20(18,19)13-4-2-12(15)3-5-13/h2-5,11,16-17H,6-10H2,1H3. The molecule has 0 saturated heterocycles. The van der Waals surface area contributed by atoms with Gasteiger partial charge in [-0.1, -0.05) is 6.92 Å². The molecule has 0 radical (unpaired) electrons. The van der Waals surface area contributed by atoms with E-state index in [4.69, 9.17) is 0 Å². The molecule has 1 aromatic rings. The number of hydrogen-bond acceptors (Lipinski definition) is 3. The average molecular weight is 409 g/mol. The summed E-state index contributed by atoms with van der Waals surface area (Å²) in [5.74, 6) is 0.614. The Labute approximate surface area is 134 Å². The van der Waals surface area contributed by atoms with E-state index in [1.54, 1.807) is 24.3 Å². The van der Waals surface area contributed by atoms with Gasteiger partial charge in [-0.05, 0) is 78.5 Å². The molecule has 112 valence electrons. The van der Waals surface area contributed by atoms with E-state index in [9.17, 15) is 13.5 Å². The van der Waals surface area contributed by atoms with Crippen LogP contribution in [0.4, 0.5) is 0 Å². The van der Waals surface area contributed by atoms with Gasteiger partial charge in [0.15, 0.2) is 0 Å². The van der Waals surface area contributed by atoms with Crippen molar-refractivity contribution in [3.8, 4) is 0 Å². The highest BCUT2D eigenvalue weighted by atomic mass is 127. The van der Waals surface area contributed by atoms with E-state index in [1.807, 2.05) is 0 Å². The van der Waals surface area contributed by atoms with Gasteiger partial charge in [0.2, 0.25) is 10.0 Å². The fourth-order valence-electron chi connectivity index (χ4n) is 2.40. The van der Waals surface area contributed by atoms with Crippen molar-refractivity contribution in [1.82, 2.24) is 4.72 Å². The Morgan fingerprint density at radius 3 is 2.40 bits per heavy atom. The van der Waals surface area contributed by atoms with Gasteiger partial charge in [-0.3, -0.25) is 0 Å². The number of sulfonamides is 1. The van der Waals surface area contributed by atoms with Gasteiger partial charge >= 0.3 is 0 Å². The summed E-state index contributed by atoms with van der Waals surface area (Å²) in [4.78, 5) is 0.241. The molecule has 0 aromatic heterocycles. The average Bonchev–Trinajstić information content (AvgIpc) is 2.41. The summed E-state index contributed by atoms with van der Waals surface area (Å²) in [5.41, 5.74) is -0.900. The Morgan fingerprint density at radius 2 is 1.85 bits per heavy atom. The number of hydrogen-bond donors (Lipinski definition) is 2. The van der Waals surface area contributed by atoms with Gasteiger partial charge in [0.25, 0.3) is 0 Å². The highest BCUT2D eigenvalue weighted by Crippen LogP contribution is 2.31. The molecule has 1 saturated carbocycles. The normalized spacial score (nSPS) is 27.4. The molecule has 20 heavy (non-hydrogen) atoms. The van der Waals surface area contributed by atoms with Crippen molar-refractivity contribution in [2.24, 2.45) is 5.92 Å². The molecule has 1 aliphatic carbocycles. The summed E-state index contributed by atoms with van der Waals surface area (Å²) in [7, 11) is -3.54. The molecule has 2 N–H and O–H groups in total. The molecule has 1 fully saturated rings. The summed E-state index contributed by atoms with van der Waals surface area (Å²) in [6.07, 6.45) is 3.20. The van der Waals surface area contributed by atoms with Crippen LogP contribution in [0, 0.1) is 9.49 Å². The van der Waals surface area contributed by atoms with Crippen molar-refractivity contribution in [3.63, 3.8) is 0 Å². The van der Waals surface area contributed by atoms with E-state index in [1.165, 1.54) is 0 Å². The predicted molar refractivity (Wildman–Crippen MR) is 86.9 cm³/mol. The molecule has 0 aliphatic heterocycles. The number of nitrogens with one attached hydrogen (secondary N) is 1. The second-order valence-electron chi connectivity index (χ2n) is 5.69. The van der Waals surface area contributed by atoms with Crippen LogP contribution in [0.1, 0.15) is 32.6 Å². The smallest absolute Gasteiger partial charge is 0.240 e. The van der Waals surface area contributed by atoms with Crippen LogP contribution in [0.5, 0.6) is 0 Å². The van der Waals surface area contributed by atoms with Crippen LogP contribution in [0.2, 0.25) is 0 Å². The molecule has 0 bridgehead atoms. The Kier molecular flexibility index (Phi) is 5.09. The van der Waals surface area contributed by atoms with Crippen LogP contribution in [0.25, 0.3) is 0 Å². The zero-order valence-electron chi connectivity index (χ0n) is 11.5. The molecule has 1 aliphatic rings. The van der Waals surface area contributed by atoms with E-state index in [0.717, 1.165) is 16.4 Å². The lowest BCUT2D eigenvalue weighted by molar-refractivity contribution is -0.00182. The summed E-state index contributed by atoms with van der Waals surface area (Å²) in [5, 5.41) is 10.4. The zero-order valence-corrected chi connectivity index (χ0v) is 14.4. The van der Waals surface area contributed by atoms with Gasteiger partial charge in [-0.2, -0.15) is 0 Å². The monoisotopic (exact) mass is 409 g/mol. The van der Waals surface area contributed by atoms with Crippen molar-refractivity contribution in [2.75, 3.05) is 6.54 Å². The molecule has 0 amide bonds. The fourth-order valence-corrected chi connectivity index (χ4v) is 3.88. The summed E-state index contributed by atoms with van der Waals surface area (Å²) >= 11 is 2.13. The fraction of sp³-hybridized carbons (Fsp3) is 0.571. The van der Waals surface area contributed by atoms with Crippen LogP contribution in [0.3, 0.4) is 0 Å². The van der Waals surface area contributed by atoms with Gasteiger partial charge in [0, 0.05) is 10.1 Å². The molecule has 0 atom stereocenters. The first-order chi connectivity index (χ1) is 9.31. The largest absolute Gasteiger partial charge is 0.389 e. The van der Waals surface area contributed by atoms with Gasteiger partial charge in [-0.15, -0.1) is 0 Å². The predicted octanol–water partition coefficient (Wildman–Crippen LogP) is 2.51. The van der Waals surface area contributed by atoms with E-state index < -0.39 is 15.6 Å². The molecule has 4 nitrogen and oxygen atoms in total. The van der Waals surface area contributed by atoms with Crippen molar-refractivity contribution in [3.05, 3.63) is 27.8 Å². The van der Waals surface area contributed by atoms with E-state index in [2.05, 4.69) is 34.2 Å². The van der Waals surface area contributed by atoms with E-state index in [0.29, 0.717) is 18.8 Å². The molecule has 6 heteroatoms. The number of halogens is 1. The van der Waals surface area contributed by atoms with Crippen molar-refractivity contribution >= 4 is 32.6 Å². The maximum Gasteiger partial charge on any atom is 0.240 e. The first-order valence-corrected chi connectivity index (χ1v) is 9.35. The Balaban J connectivity index is 2.00. The van der Waals surface area contributed by atoms with Crippen LogP contribution in [-0.2, 0) is 10.0 Å². The lowest BCUT2D eigenvalue weighted by Crippen LogP contribution is -2.45. The third kappa shape index (κ3) is 4.16. The Hall–Kier alpha value is -0.180. The summed E-state index contributed by atoms with van der Waals surface area (Å²) in [6, 6.07) is 6.67. The van der Waals surface area contributed by atoms with Gasteiger partial charge in [-0.25, -0.2) is 13.1 Å².